The fraction of sp³-hybridized carbons (Fsp3) is 0.0400. The molecule has 31 heavy (non-hydrogen) atoms. The van der Waals surface area contributed by atoms with Crippen molar-refractivity contribution in [1.29, 1.82) is 5.41 Å². The molecule has 0 aliphatic heterocycles. The number of aromatic nitrogens is 3. The van der Waals surface area contributed by atoms with E-state index >= 15 is 0 Å². The quantitative estimate of drug-likeness (QED) is 0.454. The van der Waals surface area contributed by atoms with E-state index in [1.165, 1.54) is 12.1 Å². The monoisotopic (exact) mass is 407 g/mol. The number of para-hydroxylation sites is 1. The van der Waals surface area contributed by atoms with Crippen LogP contribution in [0.3, 0.4) is 0 Å². The molecule has 0 bridgehead atoms. The first-order chi connectivity index (χ1) is 15.2. The zero-order valence-electron chi connectivity index (χ0n) is 17.0. The molecular weight excluding hydrogens is 386 g/mol. The Morgan fingerprint density at radius 1 is 1.03 bits per heavy atom. The first-order valence-corrected chi connectivity index (χ1v) is 9.81. The van der Waals surface area contributed by atoms with Crippen LogP contribution >= 0.6 is 0 Å². The van der Waals surface area contributed by atoms with E-state index in [9.17, 15) is 4.79 Å². The van der Waals surface area contributed by atoms with Gasteiger partial charge >= 0.3 is 0 Å². The van der Waals surface area contributed by atoms with E-state index in [1.54, 1.807) is 17.1 Å². The molecule has 0 amide bonds. The van der Waals surface area contributed by atoms with Crippen molar-refractivity contribution < 1.29 is 0 Å². The van der Waals surface area contributed by atoms with Crippen LogP contribution in [0.5, 0.6) is 0 Å². The van der Waals surface area contributed by atoms with Crippen molar-refractivity contribution >= 4 is 17.6 Å². The number of rotatable bonds is 6. The van der Waals surface area contributed by atoms with Crippen LogP contribution in [0, 0.1) is 12.3 Å². The number of allylic oxidation sites excluding steroid dienone is 1. The molecule has 0 radical (unpaired) electrons. The summed E-state index contributed by atoms with van der Waals surface area (Å²) < 4.78 is 1.68. The molecule has 6 heteroatoms. The third-order valence-electron chi connectivity index (χ3n) is 4.77. The molecule has 2 heterocycles. The van der Waals surface area contributed by atoms with Gasteiger partial charge in [0.1, 0.15) is 0 Å². The molecule has 2 N–H and O–H groups in total. The lowest BCUT2D eigenvalue weighted by atomic mass is 10.1. The summed E-state index contributed by atoms with van der Waals surface area (Å²) >= 11 is 0. The molecule has 0 unspecified atom stereocenters. The number of nitrogens with one attached hydrogen (secondary N) is 2. The molecule has 4 rings (SSSR count). The molecule has 0 saturated heterocycles. The van der Waals surface area contributed by atoms with Gasteiger partial charge in [0.05, 0.1) is 17.1 Å². The molecule has 6 nitrogen and oxygen atoms in total. The second-order valence-corrected chi connectivity index (χ2v) is 6.93. The summed E-state index contributed by atoms with van der Waals surface area (Å²) in [5, 5.41) is 15.3. The van der Waals surface area contributed by atoms with Gasteiger partial charge in [-0.15, -0.1) is 0 Å². The largest absolute Gasteiger partial charge is 0.354 e. The number of hydrogen-bond acceptors (Lipinski definition) is 5. The van der Waals surface area contributed by atoms with E-state index < -0.39 is 0 Å². The molecule has 4 aromatic rings. The van der Waals surface area contributed by atoms with Crippen LogP contribution in [0.2, 0.25) is 0 Å². The number of pyridine rings is 1. The summed E-state index contributed by atoms with van der Waals surface area (Å²) in [6.45, 7) is 2.00. The maximum atomic E-state index is 12.6. The minimum Gasteiger partial charge on any atom is -0.354 e. The zero-order valence-corrected chi connectivity index (χ0v) is 17.0. The number of aryl methyl sites for hydroxylation is 1. The Hall–Kier alpha value is -4.32. The Bertz CT molecular complexity index is 1290. The number of benzene rings is 2. The maximum Gasteiger partial charge on any atom is 0.209 e. The van der Waals surface area contributed by atoms with Crippen LogP contribution in [-0.4, -0.2) is 21.0 Å². The van der Waals surface area contributed by atoms with Gasteiger partial charge in [-0.2, -0.15) is 5.10 Å². The van der Waals surface area contributed by atoms with Gasteiger partial charge in [0.25, 0.3) is 0 Å². The molecule has 2 aromatic carbocycles. The van der Waals surface area contributed by atoms with Crippen molar-refractivity contribution in [2.24, 2.45) is 0 Å². The van der Waals surface area contributed by atoms with Crippen molar-refractivity contribution in [3.05, 3.63) is 113 Å². The van der Waals surface area contributed by atoms with Gasteiger partial charge in [-0.3, -0.25) is 9.78 Å². The van der Waals surface area contributed by atoms with E-state index in [4.69, 9.17) is 5.41 Å². The second-order valence-electron chi connectivity index (χ2n) is 6.93. The summed E-state index contributed by atoms with van der Waals surface area (Å²) in [6, 6.07) is 22.8. The van der Waals surface area contributed by atoms with Crippen molar-refractivity contribution in [2.75, 3.05) is 5.32 Å². The molecule has 152 valence electrons. The average Bonchev–Trinajstić information content (AvgIpc) is 2.80. The Labute approximate surface area is 180 Å². The summed E-state index contributed by atoms with van der Waals surface area (Å²) in [4.78, 5) is 17.0. The highest BCUT2D eigenvalue weighted by atomic mass is 16.1. The van der Waals surface area contributed by atoms with Gasteiger partial charge in [0.15, 0.2) is 5.69 Å². The number of hydrogen-bond donors (Lipinski definition) is 2. The smallest absolute Gasteiger partial charge is 0.209 e. The maximum absolute atomic E-state index is 12.6. The molecule has 0 aliphatic rings. The van der Waals surface area contributed by atoms with E-state index in [0.717, 1.165) is 34.4 Å². The molecule has 0 spiro atoms. The highest BCUT2D eigenvalue weighted by Crippen LogP contribution is 2.22. The lowest BCUT2D eigenvalue weighted by Gasteiger charge is -2.14. The first-order valence-electron chi connectivity index (χ1n) is 9.81. The Balaban J connectivity index is 1.73. The lowest BCUT2D eigenvalue weighted by Crippen LogP contribution is -2.18. The van der Waals surface area contributed by atoms with Gasteiger partial charge < -0.3 is 10.7 Å². The van der Waals surface area contributed by atoms with E-state index in [-0.39, 0.29) is 11.1 Å². The molecular formula is C25H21N5O. The third kappa shape index (κ3) is 4.48. The van der Waals surface area contributed by atoms with Crippen molar-refractivity contribution in [3.63, 3.8) is 0 Å². The van der Waals surface area contributed by atoms with Crippen LogP contribution in [-0.2, 0) is 0 Å². The van der Waals surface area contributed by atoms with E-state index in [1.807, 2.05) is 73.7 Å². The Morgan fingerprint density at radius 3 is 2.55 bits per heavy atom. The minimum absolute atomic E-state index is 0.226. The predicted octanol–water partition coefficient (Wildman–Crippen LogP) is 4.71. The highest BCUT2D eigenvalue weighted by Gasteiger charge is 2.12. The lowest BCUT2D eigenvalue weighted by molar-refractivity contribution is 0.819. The topological polar surface area (TPSA) is 83.7 Å². The van der Waals surface area contributed by atoms with Crippen molar-refractivity contribution in [3.8, 4) is 16.9 Å². The van der Waals surface area contributed by atoms with Crippen molar-refractivity contribution in [2.45, 2.75) is 6.92 Å². The van der Waals surface area contributed by atoms with Crippen LogP contribution in [0.4, 0.5) is 5.69 Å². The number of nitrogens with zero attached hydrogens (tertiary/aromatic N) is 3. The standard InChI is InChI=1S/C25H21N5O/c1-18-17-19(21-9-5-6-15-27-21)10-11-23(18)30-16-13-24(31)25(29-30)22(12-14-26)28-20-7-3-2-4-8-20/h2-17,26,28H,1H3/b22-12-,26-14?. The second kappa shape index (κ2) is 9.00. The van der Waals surface area contributed by atoms with Gasteiger partial charge in [-0.05, 0) is 55.0 Å². The van der Waals surface area contributed by atoms with Gasteiger partial charge in [-0.25, -0.2) is 4.68 Å². The summed E-state index contributed by atoms with van der Waals surface area (Å²) in [5.74, 6) is 0. The predicted molar refractivity (Wildman–Crippen MR) is 125 cm³/mol. The highest BCUT2D eigenvalue weighted by molar-refractivity contribution is 5.86. The fourth-order valence-electron chi connectivity index (χ4n) is 3.27. The molecule has 0 fully saturated rings. The van der Waals surface area contributed by atoms with Crippen LogP contribution < -0.4 is 10.7 Å². The molecule has 2 aromatic heterocycles. The third-order valence-corrected chi connectivity index (χ3v) is 4.77. The van der Waals surface area contributed by atoms with Crippen molar-refractivity contribution in [1.82, 2.24) is 14.8 Å². The van der Waals surface area contributed by atoms with Crippen LogP contribution in [0.1, 0.15) is 11.3 Å². The van der Waals surface area contributed by atoms with Gasteiger partial charge in [0.2, 0.25) is 5.43 Å². The number of anilines is 1. The molecule has 0 atom stereocenters. The Kier molecular flexibility index (Phi) is 5.80. The van der Waals surface area contributed by atoms with Crippen LogP contribution in [0.15, 0.2) is 96.1 Å². The average molecular weight is 407 g/mol. The minimum atomic E-state index is -0.226. The normalized spacial score (nSPS) is 11.2. The summed E-state index contributed by atoms with van der Waals surface area (Å²) in [5.41, 5.74) is 5.05. The van der Waals surface area contributed by atoms with E-state index in [0.29, 0.717) is 5.70 Å². The van der Waals surface area contributed by atoms with Crippen LogP contribution in [0.25, 0.3) is 22.6 Å². The summed E-state index contributed by atoms with van der Waals surface area (Å²) in [6.07, 6.45) is 6.08. The Morgan fingerprint density at radius 2 is 1.84 bits per heavy atom. The molecule has 0 aliphatic carbocycles. The molecule has 0 saturated carbocycles. The summed E-state index contributed by atoms with van der Waals surface area (Å²) in [7, 11) is 0. The fourth-order valence-corrected chi connectivity index (χ4v) is 3.27. The zero-order chi connectivity index (χ0) is 21.6. The SMILES string of the molecule is Cc1cc(-c2ccccn2)ccc1-n1ccc(=O)c(/C(=C/C=N)Nc2ccccc2)n1. The van der Waals surface area contributed by atoms with Gasteiger partial charge in [-0.1, -0.05) is 30.3 Å². The first kappa shape index (κ1) is 20.0. The van der Waals surface area contributed by atoms with Gasteiger partial charge in [0, 0.05) is 35.9 Å². The van der Waals surface area contributed by atoms with E-state index in [2.05, 4.69) is 15.4 Å².